The van der Waals surface area contributed by atoms with Gasteiger partial charge in [0.05, 0.1) is 0 Å². The van der Waals surface area contributed by atoms with E-state index < -0.39 is 0 Å². The average Bonchev–Trinajstić information content (AvgIpc) is 2.84. The number of aliphatic imine (C=N–C) groups is 1. The van der Waals surface area contributed by atoms with Crippen molar-refractivity contribution in [2.45, 2.75) is 44.1 Å². The molecule has 0 bridgehead atoms. The number of nitrogens with two attached hydrogens (primary N) is 1. The van der Waals surface area contributed by atoms with Gasteiger partial charge in [-0.2, -0.15) is 4.99 Å². The van der Waals surface area contributed by atoms with Crippen LogP contribution in [0, 0.1) is 5.92 Å². The molecule has 2 aliphatic carbocycles. The first kappa shape index (κ1) is 9.19. The lowest BCUT2D eigenvalue weighted by molar-refractivity contribution is 0.168. The fraction of sp³-hybridized carbons (Fsp3) is 0.818. The minimum atomic E-state index is -0.181. The van der Waals surface area contributed by atoms with Crippen LogP contribution in [0.5, 0.6) is 0 Å². The van der Waals surface area contributed by atoms with E-state index in [1.165, 1.54) is 25.7 Å². The number of amides is 2. The molecule has 1 aliphatic heterocycles. The number of amidine groups is 1. The van der Waals surface area contributed by atoms with E-state index in [-0.39, 0.29) is 11.6 Å². The first-order valence-electron chi connectivity index (χ1n) is 5.89. The summed E-state index contributed by atoms with van der Waals surface area (Å²) in [6.45, 7) is 0.878. The van der Waals surface area contributed by atoms with E-state index in [0.717, 1.165) is 19.4 Å². The highest BCUT2D eigenvalue weighted by Crippen LogP contribution is 2.42. The number of rotatable bonds is 2. The van der Waals surface area contributed by atoms with Gasteiger partial charge in [0.25, 0.3) is 0 Å². The van der Waals surface area contributed by atoms with Crippen LogP contribution in [0.1, 0.15) is 38.5 Å². The number of nitrogens with zero attached hydrogens (tertiary/aromatic N) is 2. The summed E-state index contributed by atoms with van der Waals surface area (Å²) >= 11 is 0. The maximum Gasteiger partial charge on any atom is 0.346 e. The molecule has 4 heteroatoms. The number of hydrogen-bond acceptors (Lipinski definition) is 2. The SMILES string of the molecule is NC1=NC(=O)N(CC2CC2)C12CCCC2. The van der Waals surface area contributed by atoms with Crippen LogP contribution in [-0.4, -0.2) is 28.9 Å². The minimum absolute atomic E-state index is 0.0960. The van der Waals surface area contributed by atoms with Crippen molar-refractivity contribution in [2.75, 3.05) is 6.54 Å². The summed E-state index contributed by atoms with van der Waals surface area (Å²) in [5, 5.41) is 0. The molecular formula is C11H17N3O. The van der Waals surface area contributed by atoms with Gasteiger partial charge in [-0.3, -0.25) is 0 Å². The second kappa shape index (κ2) is 2.97. The van der Waals surface area contributed by atoms with Crippen LogP contribution in [-0.2, 0) is 0 Å². The van der Waals surface area contributed by atoms with Gasteiger partial charge in [-0.15, -0.1) is 0 Å². The summed E-state index contributed by atoms with van der Waals surface area (Å²) in [7, 11) is 0. The van der Waals surface area contributed by atoms with Crippen molar-refractivity contribution in [1.29, 1.82) is 0 Å². The zero-order chi connectivity index (χ0) is 10.5. The van der Waals surface area contributed by atoms with Gasteiger partial charge in [-0.1, -0.05) is 12.8 Å². The molecule has 2 saturated carbocycles. The number of carbonyl (C=O) groups is 1. The molecule has 2 amide bonds. The predicted octanol–water partition coefficient (Wildman–Crippen LogP) is 1.50. The Hall–Kier alpha value is -1.06. The van der Waals surface area contributed by atoms with Gasteiger partial charge in [0, 0.05) is 6.54 Å². The molecule has 2 N–H and O–H groups in total. The molecule has 1 heterocycles. The van der Waals surface area contributed by atoms with Gasteiger partial charge in [0.1, 0.15) is 11.4 Å². The van der Waals surface area contributed by atoms with Crippen molar-refractivity contribution in [2.24, 2.45) is 16.6 Å². The molecule has 3 rings (SSSR count). The molecular weight excluding hydrogens is 190 g/mol. The molecule has 0 aromatic rings. The molecule has 0 saturated heterocycles. The van der Waals surface area contributed by atoms with Crippen LogP contribution >= 0.6 is 0 Å². The molecule has 15 heavy (non-hydrogen) atoms. The van der Waals surface area contributed by atoms with E-state index in [2.05, 4.69) is 4.99 Å². The summed E-state index contributed by atoms with van der Waals surface area (Å²) in [4.78, 5) is 17.7. The average molecular weight is 207 g/mol. The lowest BCUT2D eigenvalue weighted by Gasteiger charge is -2.34. The molecule has 0 aromatic carbocycles. The Bertz CT molecular complexity index is 327. The number of urea groups is 1. The predicted molar refractivity (Wildman–Crippen MR) is 57.6 cm³/mol. The zero-order valence-electron chi connectivity index (χ0n) is 8.91. The number of hydrogen-bond donors (Lipinski definition) is 1. The van der Waals surface area contributed by atoms with E-state index in [4.69, 9.17) is 5.73 Å². The largest absolute Gasteiger partial charge is 0.385 e. The second-order valence-corrected chi connectivity index (χ2v) is 5.07. The Morgan fingerprint density at radius 2 is 2.07 bits per heavy atom. The van der Waals surface area contributed by atoms with Gasteiger partial charge >= 0.3 is 6.03 Å². The Kier molecular flexibility index (Phi) is 1.82. The van der Waals surface area contributed by atoms with Crippen molar-refractivity contribution >= 4 is 11.9 Å². The summed E-state index contributed by atoms with van der Waals surface area (Å²) in [5.41, 5.74) is 5.76. The smallest absolute Gasteiger partial charge is 0.346 e. The third-order valence-corrected chi connectivity index (χ3v) is 4.01. The fourth-order valence-electron chi connectivity index (χ4n) is 2.89. The van der Waals surface area contributed by atoms with Crippen LogP contribution in [0.3, 0.4) is 0 Å². The van der Waals surface area contributed by atoms with Crippen molar-refractivity contribution < 1.29 is 4.79 Å². The topological polar surface area (TPSA) is 58.7 Å². The minimum Gasteiger partial charge on any atom is -0.385 e. The Morgan fingerprint density at radius 1 is 1.40 bits per heavy atom. The van der Waals surface area contributed by atoms with Crippen LogP contribution in [0.2, 0.25) is 0 Å². The van der Waals surface area contributed by atoms with Crippen LogP contribution < -0.4 is 5.73 Å². The Morgan fingerprint density at radius 3 is 2.67 bits per heavy atom. The number of carbonyl (C=O) groups excluding carboxylic acids is 1. The molecule has 4 nitrogen and oxygen atoms in total. The Labute approximate surface area is 89.5 Å². The Balaban J connectivity index is 1.87. The van der Waals surface area contributed by atoms with Crippen LogP contribution in [0.4, 0.5) is 4.79 Å². The van der Waals surface area contributed by atoms with Crippen molar-refractivity contribution in [3.63, 3.8) is 0 Å². The zero-order valence-corrected chi connectivity index (χ0v) is 8.91. The van der Waals surface area contributed by atoms with E-state index >= 15 is 0 Å². The summed E-state index contributed by atoms with van der Waals surface area (Å²) in [6.07, 6.45) is 6.90. The van der Waals surface area contributed by atoms with E-state index in [0.29, 0.717) is 11.8 Å². The van der Waals surface area contributed by atoms with Crippen LogP contribution in [0.25, 0.3) is 0 Å². The molecule has 3 aliphatic rings. The van der Waals surface area contributed by atoms with Gasteiger partial charge in [-0.05, 0) is 31.6 Å². The first-order valence-corrected chi connectivity index (χ1v) is 5.89. The fourth-order valence-corrected chi connectivity index (χ4v) is 2.89. The molecule has 2 fully saturated rings. The van der Waals surface area contributed by atoms with Crippen molar-refractivity contribution in [3.8, 4) is 0 Å². The highest BCUT2D eigenvalue weighted by molar-refractivity contribution is 6.06. The van der Waals surface area contributed by atoms with E-state index in [9.17, 15) is 4.79 Å². The van der Waals surface area contributed by atoms with E-state index in [1.54, 1.807) is 0 Å². The van der Waals surface area contributed by atoms with Gasteiger partial charge in [0.15, 0.2) is 0 Å². The van der Waals surface area contributed by atoms with Crippen molar-refractivity contribution in [1.82, 2.24) is 4.90 Å². The third-order valence-electron chi connectivity index (χ3n) is 4.01. The summed E-state index contributed by atoms with van der Waals surface area (Å²) in [5.74, 6) is 1.29. The first-order chi connectivity index (χ1) is 7.22. The van der Waals surface area contributed by atoms with Crippen LogP contribution in [0.15, 0.2) is 4.99 Å². The van der Waals surface area contributed by atoms with Gasteiger partial charge < -0.3 is 10.6 Å². The molecule has 0 atom stereocenters. The molecule has 0 aromatic heterocycles. The van der Waals surface area contributed by atoms with Gasteiger partial charge in [0.2, 0.25) is 0 Å². The maximum atomic E-state index is 11.8. The molecule has 1 spiro atoms. The standard InChI is InChI=1S/C11H17N3O/c12-9-11(5-1-2-6-11)14(10(15)13-9)7-8-3-4-8/h8H,1-7H2,(H2,12,13,15). The summed E-state index contributed by atoms with van der Waals surface area (Å²) in [6, 6.07) is -0.0960. The lowest BCUT2D eigenvalue weighted by Crippen LogP contribution is -2.52. The lowest BCUT2D eigenvalue weighted by atomic mass is 9.95. The van der Waals surface area contributed by atoms with Crippen molar-refractivity contribution in [3.05, 3.63) is 0 Å². The molecule has 82 valence electrons. The maximum absolute atomic E-state index is 11.8. The highest BCUT2D eigenvalue weighted by Gasteiger charge is 2.50. The molecule has 0 radical (unpaired) electrons. The summed E-state index contributed by atoms with van der Waals surface area (Å²) < 4.78 is 0. The third kappa shape index (κ3) is 1.27. The van der Waals surface area contributed by atoms with E-state index in [1.807, 2.05) is 4.90 Å². The molecule has 0 unspecified atom stereocenters. The van der Waals surface area contributed by atoms with Gasteiger partial charge in [-0.25, -0.2) is 4.79 Å². The highest BCUT2D eigenvalue weighted by atomic mass is 16.2. The normalized spacial score (nSPS) is 28.9. The monoisotopic (exact) mass is 207 g/mol. The quantitative estimate of drug-likeness (QED) is 0.746. The second-order valence-electron chi connectivity index (χ2n) is 5.07.